The van der Waals surface area contributed by atoms with Crippen LogP contribution in [-0.2, 0) is 13.1 Å². The number of aromatic nitrogens is 10. The van der Waals surface area contributed by atoms with E-state index in [0.717, 1.165) is 142 Å². The summed E-state index contributed by atoms with van der Waals surface area (Å²) in [7, 11) is 0. The molecule has 13 rings (SSSR count). The Morgan fingerprint density at radius 3 is 1.75 bits per heavy atom. The van der Waals surface area contributed by atoms with Gasteiger partial charge in [-0.15, -0.1) is 31.7 Å². The lowest BCUT2D eigenvalue weighted by atomic mass is 9.97. The van der Waals surface area contributed by atoms with Crippen molar-refractivity contribution in [1.82, 2.24) is 60.6 Å². The fraction of sp³-hybridized carbons (Fsp3) is 0.263. The van der Waals surface area contributed by atoms with Crippen molar-refractivity contribution in [3.63, 3.8) is 0 Å². The zero-order valence-corrected chi connectivity index (χ0v) is 41.7. The van der Waals surface area contributed by atoms with Gasteiger partial charge in [0.2, 0.25) is 23.6 Å². The van der Waals surface area contributed by atoms with Gasteiger partial charge >= 0.3 is 0 Å². The zero-order chi connectivity index (χ0) is 49.4. The normalized spacial score (nSPS) is 16.6. The number of halogens is 1. The van der Waals surface area contributed by atoms with Crippen molar-refractivity contribution >= 4 is 43.2 Å². The highest BCUT2D eigenvalue weighted by atomic mass is 32.1. The van der Waals surface area contributed by atoms with Crippen LogP contribution < -0.4 is 0 Å². The number of rotatable bonds is 10. The molecule has 2 atom stereocenters. The third-order valence-corrected chi connectivity index (χ3v) is 15.3. The molecular formula is C57H53FN12O2S. The van der Waals surface area contributed by atoms with Gasteiger partial charge in [0, 0.05) is 93.3 Å². The number of aromatic amines is 2. The number of likely N-dealkylation sites (tertiary alicyclic amines) is 2. The molecule has 16 heteroatoms. The van der Waals surface area contributed by atoms with Gasteiger partial charge in [0.15, 0.2) is 0 Å². The van der Waals surface area contributed by atoms with Crippen LogP contribution in [0.25, 0.3) is 77.3 Å². The fourth-order valence-corrected chi connectivity index (χ4v) is 11.4. The van der Waals surface area contributed by atoms with Gasteiger partial charge in [0.25, 0.3) is 0 Å². The minimum absolute atomic E-state index is 0.125. The molecule has 0 unspecified atom stereocenters. The van der Waals surface area contributed by atoms with Crippen molar-refractivity contribution in [2.24, 2.45) is 0 Å². The minimum atomic E-state index is -0.145. The molecule has 7 aromatic heterocycles. The maximum absolute atomic E-state index is 14.4. The van der Waals surface area contributed by atoms with Crippen LogP contribution in [0.15, 0.2) is 130 Å². The predicted octanol–water partition coefficient (Wildman–Crippen LogP) is 12.4. The average Bonchev–Trinajstić information content (AvgIpc) is 4.29. The van der Waals surface area contributed by atoms with Gasteiger partial charge in [0.05, 0.1) is 22.9 Å². The maximum Gasteiger partial charge on any atom is 0.247 e. The summed E-state index contributed by atoms with van der Waals surface area (Å²) < 4.78 is 28.2. The highest BCUT2D eigenvalue weighted by Gasteiger charge is 2.29. The molecule has 366 valence electrons. The van der Waals surface area contributed by atoms with Gasteiger partial charge < -0.3 is 8.83 Å². The minimum Gasteiger partial charge on any atom is -0.420 e. The number of H-pyrrole nitrogens is 2. The molecule has 14 nitrogen and oxygen atoms in total. The molecule has 0 radical (unpaired) electrons. The van der Waals surface area contributed by atoms with E-state index in [1.165, 1.54) is 21.7 Å². The van der Waals surface area contributed by atoms with E-state index in [4.69, 9.17) is 8.83 Å². The molecule has 2 aliphatic heterocycles. The number of fused-ring (bicyclic) bond motifs is 3. The van der Waals surface area contributed by atoms with E-state index in [9.17, 15) is 4.39 Å². The summed E-state index contributed by atoms with van der Waals surface area (Å²) in [4.78, 5) is 13.4. The SMILES string of the molecule is Cc1cc(-c2n[nH]c3ccc(-c4nnc([C@@H]5CCCN(Cc6c(C)cccc6F)C5)o4)cc23)ccn1.Cc1cc(-c2n[nH]c3ccc(-c4nnc([C@@H]5CCCN(Cc6csc7ccccc67)C5)o4)cc23)ccn1. The lowest BCUT2D eigenvalue weighted by molar-refractivity contribution is 0.184. The Kier molecular flexibility index (Phi) is 12.7. The summed E-state index contributed by atoms with van der Waals surface area (Å²) in [5.74, 6) is 2.63. The number of hydrogen-bond donors (Lipinski definition) is 2. The van der Waals surface area contributed by atoms with Gasteiger partial charge in [-0.05, 0) is 154 Å². The van der Waals surface area contributed by atoms with Crippen LogP contribution in [0.3, 0.4) is 0 Å². The van der Waals surface area contributed by atoms with Gasteiger partial charge in [0.1, 0.15) is 17.2 Å². The highest BCUT2D eigenvalue weighted by molar-refractivity contribution is 7.17. The first-order valence-corrected chi connectivity index (χ1v) is 25.8. The fourth-order valence-electron chi connectivity index (χ4n) is 10.4. The molecule has 0 aliphatic carbocycles. The van der Waals surface area contributed by atoms with E-state index in [0.29, 0.717) is 24.2 Å². The molecule has 4 aromatic carbocycles. The van der Waals surface area contributed by atoms with Gasteiger partial charge in [-0.3, -0.25) is 30.0 Å². The first-order valence-electron chi connectivity index (χ1n) is 24.9. The summed E-state index contributed by atoms with van der Waals surface area (Å²) in [5, 5.41) is 38.7. The second-order valence-corrected chi connectivity index (χ2v) is 20.3. The predicted molar refractivity (Wildman–Crippen MR) is 282 cm³/mol. The van der Waals surface area contributed by atoms with Crippen molar-refractivity contribution in [2.75, 3.05) is 26.2 Å². The second-order valence-electron chi connectivity index (χ2n) is 19.4. The van der Waals surface area contributed by atoms with E-state index in [1.54, 1.807) is 12.3 Å². The average molecular weight is 989 g/mol. The maximum atomic E-state index is 14.4. The molecule has 2 saturated heterocycles. The third-order valence-electron chi connectivity index (χ3n) is 14.2. The summed E-state index contributed by atoms with van der Waals surface area (Å²) in [5.41, 5.74) is 12.5. The van der Waals surface area contributed by atoms with Crippen LogP contribution in [0.4, 0.5) is 4.39 Å². The number of nitrogens with one attached hydrogen (secondary N) is 2. The van der Waals surface area contributed by atoms with Crippen molar-refractivity contribution < 1.29 is 13.2 Å². The van der Waals surface area contributed by atoms with Crippen LogP contribution in [0.1, 0.15) is 77.4 Å². The van der Waals surface area contributed by atoms with E-state index < -0.39 is 0 Å². The molecule has 2 fully saturated rings. The largest absolute Gasteiger partial charge is 0.420 e. The van der Waals surface area contributed by atoms with Crippen LogP contribution >= 0.6 is 11.3 Å². The van der Waals surface area contributed by atoms with Crippen molar-refractivity contribution in [3.05, 3.63) is 167 Å². The lowest BCUT2D eigenvalue weighted by Crippen LogP contribution is -2.34. The van der Waals surface area contributed by atoms with Crippen LogP contribution in [0.2, 0.25) is 0 Å². The number of benzene rings is 4. The molecule has 0 saturated carbocycles. The first-order chi connectivity index (χ1) is 35.8. The van der Waals surface area contributed by atoms with E-state index >= 15 is 0 Å². The van der Waals surface area contributed by atoms with Crippen LogP contribution in [-0.4, -0.2) is 86.7 Å². The Morgan fingerprint density at radius 2 is 1.18 bits per heavy atom. The van der Waals surface area contributed by atoms with Crippen LogP contribution in [0.5, 0.6) is 0 Å². The highest BCUT2D eigenvalue weighted by Crippen LogP contribution is 2.36. The molecule has 73 heavy (non-hydrogen) atoms. The van der Waals surface area contributed by atoms with Gasteiger partial charge in [-0.25, -0.2) is 4.39 Å². The molecule has 9 heterocycles. The first kappa shape index (κ1) is 46.3. The van der Waals surface area contributed by atoms with Crippen molar-refractivity contribution in [2.45, 2.75) is 71.4 Å². The Bertz CT molecular complexity index is 3720. The summed E-state index contributed by atoms with van der Waals surface area (Å²) in [6.07, 6.45) is 7.77. The molecule has 2 N–H and O–H groups in total. The Morgan fingerprint density at radius 1 is 0.603 bits per heavy atom. The van der Waals surface area contributed by atoms with E-state index in [1.807, 2.05) is 99.0 Å². The smallest absolute Gasteiger partial charge is 0.247 e. The lowest BCUT2D eigenvalue weighted by Gasteiger charge is -2.31. The molecule has 2 aliphatic rings. The van der Waals surface area contributed by atoms with Crippen molar-refractivity contribution in [3.8, 4) is 45.4 Å². The molecular weight excluding hydrogens is 936 g/mol. The Hall–Kier alpha value is -7.79. The van der Waals surface area contributed by atoms with E-state index in [-0.39, 0.29) is 17.7 Å². The quantitative estimate of drug-likeness (QED) is 0.133. The number of nitrogens with zero attached hydrogens (tertiary/aromatic N) is 10. The third kappa shape index (κ3) is 9.68. The van der Waals surface area contributed by atoms with Crippen molar-refractivity contribution in [1.29, 1.82) is 0 Å². The number of pyridine rings is 2. The second kappa shape index (κ2) is 20.0. The monoisotopic (exact) mass is 988 g/mol. The molecule has 11 aromatic rings. The molecule has 0 bridgehead atoms. The van der Waals surface area contributed by atoms with Gasteiger partial charge in [-0.2, -0.15) is 10.2 Å². The zero-order valence-electron chi connectivity index (χ0n) is 40.8. The molecule has 0 spiro atoms. The summed E-state index contributed by atoms with van der Waals surface area (Å²) >= 11 is 1.82. The molecule has 0 amide bonds. The topological polar surface area (TPSA) is 167 Å². The number of thiophene rings is 1. The van der Waals surface area contributed by atoms with E-state index in [2.05, 4.69) is 96.3 Å². The number of hydrogen-bond acceptors (Lipinski definition) is 13. The number of aryl methyl sites for hydroxylation is 3. The summed E-state index contributed by atoms with van der Waals surface area (Å²) in [6, 6.07) is 34.0. The Labute approximate surface area is 424 Å². The van der Waals surface area contributed by atoms with Crippen LogP contribution in [0, 0.1) is 26.6 Å². The van der Waals surface area contributed by atoms with Gasteiger partial charge in [-0.1, -0.05) is 30.3 Å². The number of piperidine rings is 2. The standard InChI is InChI=1S/C29H26N6OS.C28H27FN6O/c1-18-13-19(10-11-30-18)27-24-14-20(8-9-25(24)31-32-27)28-33-34-29(36-28)21-5-4-12-35(15-21)16-22-17-37-26-7-3-2-6-23(22)26;1-17-5-3-7-24(29)23(17)16-35-12-4-6-21(15-35)28-34-33-27(36-28)20-8-9-25-22(14-20)26(32-31-25)19-10-11-30-18(2)13-19/h2-3,6-11,13-14,17,21H,4-5,12,15-16H2,1H3,(H,31,32);3,5,7-11,13-14,21H,4,6,12,15-16H2,1-2H3,(H,31,32)/t2*21-/m11/s1. The summed E-state index contributed by atoms with van der Waals surface area (Å²) in [6.45, 7) is 11.2. The Balaban J connectivity index is 0.000000149.